The SMILES string of the molecule is CC(CCS(C)=O)NCC1CCCCCC1. The number of nitrogens with one attached hydrogen (secondary N) is 1. The van der Waals surface area contributed by atoms with Gasteiger partial charge in [0.2, 0.25) is 0 Å². The van der Waals surface area contributed by atoms with E-state index in [1.54, 1.807) is 6.26 Å². The molecule has 1 N–H and O–H groups in total. The summed E-state index contributed by atoms with van der Waals surface area (Å²) >= 11 is 0. The maximum atomic E-state index is 11.0. The van der Waals surface area contributed by atoms with Crippen molar-refractivity contribution in [3.8, 4) is 0 Å². The summed E-state index contributed by atoms with van der Waals surface area (Å²) in [7, 11) is -0.637. The van der Waals surface area contributed by atoms with Gasteiger partial charge in [-0.3, -0.25) is 4.21 Å². The third-order valence-corrected chi connectivity index (χ3v) is 4.38. The van der Waals surface area contributed by atoms with E-state index in [-0.39, 0.29) is 0 Å². The highest BCUT2D eigenvalue weighted by Crippen LogP contribution is 2.22. The van der Waals surface area contributed by atoms with Crippen LogP contribution in [0.1, 0.15) is 51.9 Å². The summed E-state index contributed by atoms with van der Waals surface area (Å²) in [6.07, 6.45) is 11.3. The summed E-state index contributed by atoms with van der Waals surface area (Å²) in [5, 5.41) is 3.60. The molecule has 1 rings (SSSR count). The normalized spacial score (nSPS) is 22.6. The minimum absolute atomic E-state index is 0.521. The Balaban J connectivity index is 2.09. The second-order valence-electron chi connectivity index (χ2n) is 5.23. The fraction of sp³-hybridized carbons (Fsp3) is 1.00. The highest BCUT2D eigenvalue weighted by atomic mass is 32.2. The van der Waals surface area contributed by atoms with E-state index in [9.17, 15) is 4.21 Å². The average molecular weight is 245 g/mol. The van der Waals surface area contributed by atoms with Crippen molar-refractivity contribution in [2.45, 2.75) is 57.9 Å². The van der Waals surface area contributed by atoms with E-state index in [1.807, 2.05) is 0 Å². The summed E-state index contributed by atoms with van der Waals surface area (Å²) in [6, 6.07) is 0.521. The van der Waals surface area contributed by atoms with E-state index in [0.29, 0.717) is 6.04 Å². The van der Waals surface area contributed by atoms with Gasteiger partial charge in [0.25, 0.3) is 0 Å². The lowest BCUT2D eigenvalue weighted by molar-refractivity contribution is 0.396. The van der Waals surface area contributed by atoms with Crippen LogP contribution < -0.4 is 5.32 Å². The lowest BCUT2D eigenvalue weighted by Gasteiger charge is -2.19. The Kier molecular flexibility index (Phi) is 7.30. The van der Waals surface area contributed by atoms with E-state index in [1.165, 1.54) is 38.5 Å². The van der Waals surface area contributed by atoms with Crippen molar-refractivity contribution < 1.29 is 4.21 Å². The molecule has 0 spiro atoms. The maximum absolute atomic E-state index is 11.0. The third kappa shape index (κ3) is 6.64. The fourth-order valence-electron chi connectivity index (χ4n) is 2.38. The third-order valence-electron chi connectivity index (χ3n) is 3.57. The predicted octanol–water partition coefficient (Wildman–Crippen LogP) is 2.70. The van der Waals surface area contributed by atoms with E-state index < -0.39 is 10.8 Å². The summed E-state index contributed by atoms with van der Waals surface area (Å²) in [4.78, 5) is 0. The van der Waals surface area contributed by atoms with Crippen LogP contribution in [0.2, 0.25) is 0 Å². The molecule has 0 radical (unpaired) electrons. The topological polar surface area (TPSA) is 29.1 Å². The van der Waals surface area contributed by atoms with Crippen LogP contribution in [0.25, 0.3) is 0 Å². The Bertz CT molecular complexity index is 200. The molecule has 2 atom stereocenters. The first-order valence-electron chi connectivity index (χ1n) is 6.72. The van der Waals surface area contributed by atoms with Gasteiger partial charge in [-0.1, -0.05) is 25.7 Å². The van der Waals surface area contributed by atoms with Gasteiger partial charge in [-0.25, -0.2) is 0 Å². The van der Waals surface area contributed by atoms with Crippen molar-refractivity contribution in [3.05, 3.63) is 0 Å². The van der Waals surface area contributed by atoms with Crippen LogP contribution in [0.5, 0.6) is 0 Å². The van der Waals surface area contributed by atoms with Gasteiger partial charge >= 0.3 is 0 Å². The van der Waals surface area contributed by atoms with Crippen molar-refractivity contribution in [2.75, 3.05) is 18.6 Å². The zero-order valence-corrected chi connectivity index (χ0v) is 11.7. The summed E-state index contributed by atoms with van der Waals surface area (Å²) in [5.74, 6) is 1.72. The molecule has 1 saturated carbocycles. The molecule has 2 nitrogen and oxygen atoms in total. The molecule has 0 amide bonds. The molecular weight excluding hydrogens is 218 g/mol. The molecule has 0 aromatic heterocycles. The van der Waals surface area contributed by atoms with Crippen LogP contribution in [0.3, 0.4) is 0 Å². The van der Waals surface area contributed by atoms with Gasteiger partial charge in [0.1, 0.15) is 0 Å². The smallest absolute Gasteiger partial charge is 0.0246 e. The molecule has 96 valence electrons. The highest BCUT2D eigenvalue weighted by molar-refractivity contribution is 7.84. The molecule has 0 heterocycles. The minimum Gasteiger partial charge on any atom is -0.314 e. The van der Waals surface area contributed by atoms with E-state index in [0.717, 1.165) is 24.6 Å². The molecule has 0 bridgehead atoms. The van der Waals surface area contributed by atoms with Crippen molar-refractivity contribution >= 4 is 10.8 Å². The lowest BCUT2D eigenvalue weighted by Crippen LogP contribution is -2.32. The number of rotatable bonds is 6. The summed E-state index contributed by atoms with van der Waals surface area (Å²) in [5.41, 5.74) is 0. The second kappa shape index (κ2) is 8.24. The zero-order chi connectivity index (χ0) is 11.8. The molecule has 2 unspecified atom stereocenters. The zero-order valence-electron chi connectivity index (χ0n) is 10.8. The molecule has 0 aromatic rings. The first-order chi connectivity index (χ1) is 7.68. The minimum atomic E-state index is -0.637. The largest absolute Gasteiger partial charge is 0.314 e. The first kappa shape index (κ1) is 14.2. The van der Waals surface area contributed by atoms with Gasteiger partial charge in [0.15, 0.2) is 0 Å². The van der Waals surface area contributed by atoms with Crippen LogP contribution in [0, 0.1) is 5.92 Å². The molecule has 0 saturated heterocycles. The van der Waals surface area contributed by atoms with Crippen LogP contribution in [0.4, 0.5) is 0 Å². The molecule has 3 heteroatoms. The monoisotopic (exact) mass is 245 g/mol. The van der Waals surface area contributed by atoms with E-state index >= 15 is 0 Å². The van der Waals surface area contributed by atoms with Crippen LogP contribution in [-0.2, 0) is 10.8 Å². The highest BCUT2D eigenvalue weighted by Gasteiger charge is 2.13. The Morgan fingerprint density at radius 2 is 1.88 bits per heavy atom. The number of hydrogen-bond donors (Lipinski definition) is 1. The summed E-state index contributed by atoms with van der Waals surface area (Å²) in [6.45, 7) is 3.38. The van der Waals surface area contributed by atoms with Gasteiger partial charge < -0.3 is 5.32 Å². The van der Waals surface area contributed by atoms with Crippen molar-refractivity contribution in [1.82, 2.24) is 5.32 Å². The molecule has 16 heavy (non-hydrogen) atoms. The average Bonchev–Trinajstić information content (AvgIpc) is 2.51. The second-order valence-corrected chi connectivity index (χ2v) is 6.79. The summed E-state index contributed by atoms with van der Waals surface area (Å²) < 4.78 is 11.0. The Morgan fingerprint density at radius 3 is 2.44 bits per heavy atom. The van der Waals surface area contributed by atoms with Gasteiger partial charge in [0.05, 0.1) is 0 Å². The molecular formula is C13H27NOS. The lowest BCUT2D eigenvalue weighted by atomic mass is 10.00. The van der Waals surface area contributed by atoms with Crippen molar-refractivity contribution in [3.63, 3.8) is 0 Å². The van der Waals surface area contributed by atoms with Gasteiger partial charge in [0, 0.05) is 28.9 Å². The Hall–Kier alpha value is 0.110. The van der Waals surface area contributed by atoms with Crippen molar-refractivity contribution in [1.29, 1.82) is 0 Å². The fourth-order valence-corrected chi connectivity index (χ4v) is 3.07. The van der Waals surface area contributed by atoms with Crippen molar-refractivity contribution in [2.24, 2.45) is 5.92 Å². The predicted molar refractivity (Wildman–Crippen MR) is 72.2 cm³/mol. The molecule has 0 aromatic carbocycles. The Labute approximate surface area is 103 Å². The van der Waals surface area contributed by atoms with Crippen LogP contribution >= 0.6 is 0 Å². The standard InChI is InChI=1S/C13H27NOS/c1-12(9-10-16(2)15)14-11-13-7-5-3-4-6-8-13/h12-14H,3-11H2,1-2H3. The van der Waals surface area contributed by atoms with Gasteiger partial charge in [-0.05, 0) is 38.6 Å². The van der Waals surface area contributed by atoms with Gasteiger partial charge in [-0.2, -0.15) is 0 Å². The number of hydrogen-bond acceptors (Lipinski definition) is 2. The van der Waals surface area contributed by atoms with Crippen LogP contribution in [-0.4, -0.2) is 28.8 Å². The molecule has 1 fully saturated rings. The first-order valence-corrected chi connectivity index (χ1v) is 8.44. The molecule has 0 aliphatic heterocycles. The van der Waals surface area contributed by atoms with Gasteiger partial charge in [-0.15, -0.1) is 0 Å². The van der Waals surface area contributed by atoms with Crippen LogP contribution in [0.15, 0.2) is 0 Å². The molecule has 1 aliphatic rings. The maximum Gasteiger partial charge on any atom is 0.0246 e. The quantitative estimate of drug-likeness (QED) is 0.729. The Morgan fingerprint density at radius 1 is 1.25 bits per heavy atom. The van der Waals surface area contributed by atoms with E-state index in [4.69, 9.17) is 0 Å². The molecule has 1 aliphatic carbocycles. The van der Waals surface area contributed by atoms with E-state index in [2.05, 4.69) is 12.2 Å².